The normalized spacial score (nSPS) is 17.2. The lowest BCUT2D eigenvalue weighted by atomic mass is 9.83. The second-order valence-corrected chi connectivity index (χ2v) is 5.86. The summed E-state index contributed by atoms with van der Waals surface area (Å²) >= 11 is 3.42. The molecule has 0 fully saturated rings. The van der Waals surface area contributed by atoms with Crippen LogP contribution in [-0.2, 0) is 14.3 Å². The summed E-state index contributed by atoms with van der Waals surface area (Å²) < 4.78 is 16.4. The first-order chi connectivity index (χ1) is 11.4. The molecule has 2 N–H and O–H groups in total. The van der Waals surface area contributed by atoms with Crippen molar-refractivity contribution in [2.75, 3.05) is 13.7 Å². The molecule has 0 amide bonds. The fraction of sp³-hybridized carbons (Fsp3) is 0.294. The summed E-state index contributed by atoms with van der Waals surface area (Å²) in [5, 5.41) is 9.50. The molecular weight excluding hydrogens is 376 g/mol. The van der Waals surface area contributed by atoms with E-state index in [1.807, 2.05) is 6.07 Å². The molecule has 0 saturated heterocycles. The minimum atomic E-state index is -0.662. The summed E-state index contributed by atoms with van der Waals surface area (Å²) in [6, 6.07) is 7.35. The van der Waals surface area contributed by atoms with Crippen molar-refractivity contribution in [3.05, 3.63) is 51.0 Å². The zero-order chi connectivity index (χ0) is 17.9. The molecule has 1 atom stereocenters. The Morgan fingerprint density at radius 2 is 2.21 bits per heavy atom. The van der Waals surface area contributed by atoms with Gasteiger partial charge < -0.3 is 19.9 Å². The molecule has 7 heteroatoms. The van der Waals surface area contributed by atoms with Crippen molar-refractivity contribution < 1.29 is 19.0 Å². The number of esters is 1. The Kier molecular flexibility index (Phi) is 5.52. The molecule has 0 spiro atoms. The minimum Gasteiger partial charge on any atom is -0.496 e. The SMILES string of the molecule is CCOC(=O)C1=C(C)OC(N)=C(C#N)[C@H]1c1ccc(OC)c(Br)c1. The zero-order valence-corrected chi connectivity index (χ0v) is 15.1. The summed E-state index contributed by atoms with van der Waals surface area (Å²) in [4.78, 5) is 12.4. The molecule has 0 aromatic heterocycles. The summed E-state index contributed by atoms with van der Waals surface area (Å²) in [6.45, 7) is 3.56. The van der Waals surface area contributed by atoms with Crippen LogP contribution in [0.25, 0.3) is 0 Å². The second-order valence-electron chi connectivity index (χ2n) is 5.01. The molecule has 1 aromatic carbocycles. The maximum atomic E-state index is 12.4. The van der Waals surface area contributed by atoms with Crippen LogP contribution in [0.1, 0.15) is 25.3 Å². The van der Waals surface area contributed by atoms with Crippen LogP contribution in [-0.4, -0.2) is 19.7 Å². The quantitative estimate of drug-likeness (QED) is 0.790. The number of rotatable bonds is 4. The number of ether oxygens (including phenoxy) is 3. The van der Waals surface area contributed by atoms with Crippen LogP contribution in [0.15, 0.2) is 45.5 Å². The molecule has 0 bridgehead atoms. The van der Waals surface area contributed by atoms with Gasteiger partial charge in [-0.3, -0.25) is 0 Å². The Labute approximate surface area is 148 Å². The number of methoxy groups -OCH3 is 1. The topological polar surface area (TPSA) is 94.6 Å². The van der Waals surface area contributed by atoms with Crippen LogP contribution in [0.3, 0.4) is 0 Å². The van der Waals surface area contributed by atoms with E-state index in [9.17, 15) is 10.1 Å². The van der Waals surface area contributed by atoms with Gasteiger partial charge in [0.1, 0.15) is 23.2 Å². The zero-order valence-electron chi connectivity index (χ0n) is 13.6. The van der Waals surface area contributed by atoms with Crippen molar-refractivity contribution in [3.63, 3.8) is 0 Å². The molecule has 1 aromatic rings. The van der Waals surface area contributed by atoms with E-state index in [1.165, 1.54) is 0 Å². The van der Waals surface area contributed by atoms with Crippen LogP contribution in [0, 0.1) is 11.3 Å². The Balaban J connectivity index is 2.62. The first kappa shape index (κ1) is 17.9. The van der Waals surface area contributed by atoms with Gasteiger partial charge in [0.2, 0.25) is 5.88 Å². The summed E-state index contributed by atoms with van der Waals surface area (Å²) in [5.74, 6) is -0.251. The molecule has 1 aliphatic rings. The third-order valence-electron chi connectivity index (χ3n) is 3.61. The maximum absolute atomic E-state index is 12.4. The van der Waals surface area contributed by atoms with E-state index in [1.54, 1.807) is 39.2 Å². The molecule has 0 saturated carbocycles. The van der Waals surface area contributed by atoms with Gasteiger partial charge in [0, 0.05) is 0 Å². The number of hydrogen-bond acceptors (Lipinski definition) is 6. The van der Waals surface area contributed by atoms with Crippen molar-refractivity contribution in [1.29, 1.82) is 5.26 Å². The highest BCUT2D eigenvalue weighted by Crippen LogP contribution is 2.41. The number of nitriles is 1. The van der Waals surface area contributed by atoms with E-state index in [4.69, 9.17) is 19.9 Å². The molecule has 0 aliphatic carbocycles. The molecule has 24 heavy (non-hydrogen) atoms. The first-order valence-corrected chi connectivity index (χ1v) is 8.02. The van der Waals surface area contributed by atoms with E-state index >= 15 is 0 Å². The van der Waals surface area contributed by atoms with Crippen molar-refractivity contribution in [2.45, 2.75) is 19.8 Å². The van der Waals surface area contributed by atoms with Gasteiger partial charge >= 0.3 is 5.97 Å². The Hall–Kier alpha value is -2.46. The molecule has 126 valence electrons. The van der Waals surface area contributed by atoms with Gasteiger partial charge in [0.25, 0.3) is 0 Å². The lowest BCUT2D eigenvalue weighted by molar-refractivity contribution is -0.139. The van der Waals surface area contributed by atoms with E-state index in [2.05, 4.69) is 15.9 Å². The molecule has 1 heterocycles. The lowest BCUT2D eigenvalue weighted by Gasteiger charge is -2.27. The maximum Gasteiger partial charge on any atom is 0.338 e. The summed E-state index contributed by atoms with van der Waals surface area (Å²) in [5.41, 5.74) is 6.98. The third-order valence-corrected chi connectivity index (χ3v) is 4.23. The van der Waals surface area contributed by atoms with Crippen molar-refractivity contribution in [1.82, 2.24) is 0 Å². The molecule has 0 unspecified atom stereocenters. The number of carbonyl (C=O) groups is 1. The number of carbonyl (C=O) groups excluding carboxylic acids is 1. The molecular formula is C17H17BrN2O4. The van der Waals surface area contributed by atoms with Crippen molar-refractivity contribution >= 4 is 21.9 Å². The van der Waals surface area contributed by atoms with Gasteiger partial charge in [-0.15, -0.1) is 0 Å². The number of nitrogens with two attached hydrogens (primary N) is 1. The number of halogens is 1. The minimum absolute atomic E-state index is 0.0139. The van der Waals surface area contributed by atoms with Crippen LogP contribution in [0.2, 0.25) is 0 Å². The fourth-order valence-electron chi connectivity index (χ4n) is 2.55. The van der Waals surface area contributed by atoms with Crippen molar-refractivity contribution in [2.24, 2.45) is 5.73 Å². The third kappa shape index (κ3) is 3.24. The highest BCUT2D eigenvalue weighted by molar-refractivity contribution is 9.10. The van der Waals surface area contributed by atoms with Gasteiger partial charge in [-0.25, -0.2) is 4.79 Å². The van der Waals surface area contributed by atoms with E-state index < -0.39 is 11.9 Å². The molecule has 6 nitrogen and oxygen atoms in total. The Bertz CT molecular complexity index is 777. The highest BCUT2D eigenvalue weighted by Gasteiger charge is 2.36. The predicted octanol–water partition coefficient (Wildman–Crippen LogP) is 3.10. The average molecular weight is 393 g/mol. The van der Waals surface area contributed by atoms with E-state index in [0.29, 0.717) is 21.5 Å². The number of hydrogen-bond donors (Lipinski definition) is 1. The summed E-state index contributed by atoms with van der Waals surface area (Å²) in [7, 11) is 1.56. The second kappa shape index (κ2) is 7.41. The van der Waals surface area contributed by atoms with Gasteiger partial charge in [-0.1, -0.05) is 6.07 Å². The van der Waals surface area contributed by atoms with E-state index in [0.717, 1.165) is 0 Å². The molecule has 2 rings (SSSR count). The summed E-state index contributed by atoms with van der Waals surface area (Å²) in [6.07, 6.45) is 0. The van der Waals surface area contributed by atoms with Gasteiger partial charge in [0.05, 0.1) is 29.7 Å². The average Bonchev–Trinajstić information content (AvgIpc) is 2.54. The van der Waals surface area contributed by atoms with E-state index in [-0.39, 0.29) is 23.6 Å². The number of allylic oxidation sites excluding steroid dienone is 2. The standard InChI is InChI=1S/C17H17BrN2O4/c1-4-23-17(21)14-9(2)24-16(20)11(8-19)15(14)10-5-6-13(22-3)12(18)7-10/h5-7,15H,4,20H2,1-3H3/t15-/m1/s1. The monoisotopic (exact) mass is 392 g/mol. The lowest BCUT2D eigenvalue weighted by Crippen LogP contribution is -2.25. The van der Waals surface area contributed by atoms with Gasteiger partial charge in [0.15, 0.2) is 0 Å². The first-order valence-electron chi connectivity index (χ1n) is 7.23. The number of benzene rings is 1. The Morgan fingerprint density at radius 3 is 2.75 bits per heavy atom. The Morgan fingerprint density at radius 1 is 1.50 bits per heavy atom. The van der Waals surface area contributed by atoms with Crippen LogP contribution < -0.4 is 10.5 Å². The smallest absolute Gasteiger partial charge is 0.338 e. The largest absolute Gasteiger partial charge is 0.496 e. The molecule has 0 radical (unpaired) electrons. The number of nitrogens with zero attached hydrogens (tertiary/aromatic N) is 1. The highest BCUT2D eigenvalue weighted by atomic mass is 79.9. The molecule has 1 aliphatic heterocycles. The van der Waals surface area contributed by atoms with Crippen molar-refractivity contribution in [3.8, 4) is 11.8 Å². The van der Waals surface area contributed by atoms with Crippen LogP contribution >= 0.6 is 15.9 Å². The van der Waals surface area contributed by atoms with Gasteiger partial charge in [-0.05, 0) is 47.5 Å². The predicted molar refractivity (Wildman–Crippen MR) is 90.7 cm³/mol. The van der Waals surface area contributed by atoms with Crippen LogP contribution in [0.5, 0.6) is 5.75 Å². The van der Waals surface area contributed by atoms with Gasteiger partial charge in [-0.2, -0.15) is 5.26 Å². The van der Waals surface area contributed by atoms with Crippen LogP contribution in [0.4, 0.5) is 0 Å². The fourth-order valence-corrected chi connectivity index (χ4v) is 3.11.